The van der Waals surface area contributed by atoms with Crippen molar-refractivity contribution in [2.45, 2.75) is 25.8 Å². The zero-order chi connectivity index (χ0) is 22.8. The van der Waals surface area contributed by atoms with Gasteiger partial charge >= 0.3 is 0 Å². The van der Waals surface area contributed by atoms with E-state index in [1.165, 1.54) is 0 Å². The van der Waals surface area contributed by atoms with Crippen LogP contribution in [0.25, 0.3) is 11.0 Å². The Balaban J connectivity index is 1.40. The van der Waals surface area contributed by atoms with Crippen LogP contribution in [0, 0.1) is 6.92 Å². The number of anilines is 1. The summed E-state index contributed by atoms with van der Waals surface area (Å²) < 4.78 is 13.5. The van der Waals surface area contributed by atoms with Gasteiger partial charge in [-0.2, -0.15) is 0 Å². The van der Waals surface area contributed by atoms with Gasteiger partial charge in [-0.15, -0.1) is 0 Å². The lowest BCUT2D eigenvalue weighted by Gasteiger charge is -2.19. The van der Waals surface area contributed by atoms with E-state index in [0.29, 0.717) is 26.1 Å². The second kappa shape index (κ2) is 8.98. The number of hydrogen-bond acceptors (Lipinski definition) is 4. The number of carbonyl (C=O) groups is 1. The molecule has 168 valence electrons. The largest absolute Gasteiger partial charge is 0.497 e. The molecule has 0 spiro atoms. The first-order valence-corrected chi connectivity index (χ1v) is 11.2. The van der Waals surface area contributed by atoms with Crippen molar-refractivity contribution in [3.63, 3.8) is 0 Å². The third-order valence-electron chi connectivity index (χ3n) is 6.21. The van der Waals surface area contributed by atoms with Crippen molar-refractivity contribution in [2.75, 3.05) is 25.2 Å². The van der Waals surface area contributed by atoms with Crippen LogP contribution in [0.15, 0.2) is 72.8 Å². The molecule has 1 atom stereocenters. The van der Waals surface area contributed by atoms with Gasteiger partial charge in [-0.25, -0.2) is 4.98 Å². The Morgan fingerprint density at radius 2 is 1.79 bits per heavy atom. The predicted octanol–water partition coefficient (Wildman–Crippen LogP) is 4.95. The number of methoxy groups -OCH3 is 1. The number of benzene rings is 3. The molecule has 1 saturated heterocycles. The molecule has 1 aromatic heterocycles. The van der Waals surface area contributed by atoms with Crippen LogP contribution in [0.1, 0.15) is 23.7 Å². The fraction of sp³-hybridized carbons (Fsp3) is 0.259. The number of para-hydroxylation sites is 3. The Labute approximate surface area is 193 Å². The Hall–Kier alpha value is -3.80. The van der Waals surface area contributed by atoms with Gasteiger partial charge in [0, 0.05) is 30.6 Å². The number of fused-ring (bicyclic) bond motifs is 1. The minimum Gasteiger partial charge on any atom is -0.497 e. The molecule has 0 bridgehead atoms. The number of hydrogen-bond donors (Lipinski definition) is 0. The van der Waals surface area contributed by atoms with Gasteiger partial charge in [0.25, 0.3) is 0 Å². The number of rotatable bonds is 7. The van der Waals surface area contributed by atoms with Crippen molar-refractivity contribution in [3.05, 3.63) is 84.2 Å². The van der Waals surface area contributed by atoms with Crippen molar-refractivity contribution in [3.8, 4) is 11.5 Å². The molecule has 2 heterocycles. The molecule has 1 fully saturated rings. The minimum absolute atomic E-state index is 0.0290. The number of imidazole rings is 1. The summed E-state index contributed by atoms with van der Waals surface area (Å²) in [7, 11) is 1.64. The van der Waals surface area contributed by atoms with E-state index < -0.39 is 0 Å². The molecule has 0 radical (unpaired) electrons. The van der Waals surface area contributed by atoms with Crippen molar-refractivity contribution in [2.24, 2.45) is 0 Å². The molecule has 0 aliphatic carbocycles. The van der Waals surface area contributed by atoms with Crippen LogP contribution in [0.4, 0.5) is 5.69 Å². The summed E-state index contributed by atoms with van der Waals surface area (Å²) in [5.74, 6) is 2.64. The average Bonchev–Trinajstić information content (AvgIpc) is 3.40. The molecule has 1 amide bonds. The molecule has 6 heteroatoms. The monoisotopic (exact) mass is 441 g/mol. The smallest absolute Gasteiger partial charge is 0.227 e. The van der Waals surface area contributed by atoms with Gasteiger partial charge in [0.15, 0.2) is 0 Å². The van der Waals surface area contributed by atoms with Gasteiger partial charge in [0.2, 0.25) is 5.91 Å². The van der Waals surface area contributed by atoms with E-state index in [2.05, 4.69) is 10.6 Å². The standard InChI is InChI=1S/C27H27N3O3/c1-19-8-3-5-12-24(19)30-18-20(16-26(30)31)27-28-23-11-4-6-13-25(23)29(27)14-15-33-22-10-7-9-21(17-22)32-2/h3-13,17,20H,14-16,18H2,1-2H3/t20-/m1/s1. The summed E-state index contributed by atoms with van der Waals surface area (Å²) in [6, 6.07) is 23.8. The maximum absolute atomic E-state index is 12.9. The van der Waals surface area contributed by atoms with Crippen LogP contribution in [0.2, 0.25) is 0 Å². The van der Waals surface area contributed by atoms with E-state index in [4.69, 9.17) is 14.5 Å². The number of amides is 1. The van der Waals surface area contributed by atoms with Crippen LogP contribution in [0.5, 0.6) is 11.5 Å². The topological polar surface area (TPSA) is 56.6 Å². The van der Waals surface area contributed by atoms with Crippen LogP contribution >= 0.6 is 0 Å². The zero-order valence-electron chi connectivity index (χ0n) is 18.9. The molecule has 0 N–H and O–H groups in total. The molecular weight excluding hydrogens is 414 g/mol. The lowest BCUT2D eigenvalue weighted by atomic mass is 10.1. The fourth-order valence-corrected chi connectivity index (χ4v) is 4.57. The molecule has 3 aromatic carbocycles. The number of aryl methyl sites for hydroxylation is 1. The van der Waals surface area contributed by atoms with Crippen LogP contribution in [-0.4, -0.2) is 35.7 Å². The number of nitrogens with zero attached hydrogens (tertiary/aromatic N) is 3. The van der Waals surface area contributed by atoms with Gasteiger partial charge in [-0.05, 0) is 42.8 Å². The van der Waals surface area contributed by atoms with Crippen molar-refractivity contribution < 1.29 is 14.3 Å². The zero-order valence-corrected chi connectivity index (χ0v) is 18.9. The second-order valence-corrected chi connectivity index (χ2v) is 8.33. The molecule has 0 saturated carbocycles. The Kier molecular flexibility index (Phi) is 5.73. The molecular formula is C27H27N3O3. The lowest BCUT2D eigenvalue weighted by molar-refractivity contribution is -0.117. The van der Waals surface area contributed by atoms with E-state index in [1.54, 1.807) is 7.11 Å². The quantitative estimate of drug-likeness (QED) is 0.407. The van der Waals surface area contributed by atoms with Gasteiger partial charge in [-0.1, -0.05) is 36.4 Å². The second-order valence-electron chi connectivity index (χ2n) is 8.33. The van der Waals surface area contributed by atoms with Crippen LogP contribution in [-0.2, 0) is 11.3 Å². The Morgan fingerprint density at radius 1 is 1.00 bits per heavy atom. The summed E-state index contributed by atoms with van der Waals surface area (Å²) in [5, 5.41) is 0. The summed E-state index contributed by atoms with van der Waals surface area (Å²) in [4.78, 5) is 19.8. The highest BCUT2D eigenvalue weighted by molar-refractivity contribution is 5.97. The molecule has 0 unspecified atom stereocenters. The maximum Gasteiger partial charge on any atom is 0.227 e. The van der Waals surface area contributed by atoms with Gasteiger partial charge in [0.05, 0.1) is 24.7 Å². The minimum atomic E-state index is 0.0290. The van der Waals surface area contributed by atoms with E-state index in [0.717, 1.165) is 39.6 Å². The third kappa shape index (κ3) is 4.16. The van der Waals surface area contributed by atoms with Crippen molar-refractivity contribution in [1.82, 2.24) is 9.55 Å². The highest BCUT2D eigenvalue weighted by Gasteiger charge is 2.35. The van der Waals surface area contributed by atoms with Gasteiger partial charge in [0.1, 0.15) is 23.9 Å². The lowest BCUT2D eigenvalue weighted by Crippen LogP contribution is -2.25. The summed E-state index contributed by atoms with van der Waals surface area (Å²) in [5.41, 5.74) is 4.08. The number of ether oxygens (including phenoxy) is 2. The fourth-order valence-electron chi connectivity index (χ4n) is 4.57. The van der Waals surface area contributed by atoms with E-state index in [1.807, 2.05) is 78.6 Å². The Bertz CT molecular complexity index is 1300. The first kappa shape index (κ1) is 21.1. The van der Waals surface area contributed by atoms with Gasteiger partial charge in [-0.3, -0.25) is 4.79 Å². The van der Waals surface area contributed by atoms with Crippen molar-refractivity contribution in [1.29, 1.82) is 0 Å². The summed E-state index contributed by atoms with van der Waals surface area (Å²) in [6.45, 7) is 3.80. The first-order valence-electron chi connectivity index (χ1n) is 11.2. The van der Waals surface area contributed by atoms with Crippen molar-refractivity contribution >= 4 is 22.6 Å². The summed E-state index contributed by atoms with van der Waals surface area (Å²) >= 11 is 0. The molecule has 33 heavy (non-hydrogen) atoms. The Morgan fingerprint density at radius 3 is 2.64 bits per heavy atom. The SMILES string of the molecule is COc1cccc(OCCn2c([C@@H]3CC(=O)N(c4ccccc4C)C3)nc3ccccc32)c1. The average molecular weight is 442 g/mol. The van der Waals surface area contributed by atoms with Gasteiger partial charge < -0.3 is 18.9 Å². The molecule has 5 rings (SSSR count). The van der Waals surface area contributed by atoms with Crippen LogP contribution < -0.4 is 14.4 Å². The summed E-state index contributed by atoms with van der Waals surface area (Å²) in [6.07, 6.45) is 0.453. The predicted molar refractivity (Wildman–Crippen MR) is 129 cm³/mol. The maximum atomic E-state index is 12.9. The highest BCUT2D eigenvalue weighted by atomic mass is 16.5. The highest BCUT2D eigenvalue weighted by Crippen LogP contribution is 2.34. The number of aromatic nitrogens is 2. The van der Waals surface area contributed by atoms with E-state index >= 15 is 0 Å². The third-order valence-corrected chi connectivity index (χ3v) is 6.21. The normalized spacial score (nSPS) is 15.9. The van der Waals surface area contributed by atoms with E-state index in [-0.39, 0.29) is 11.8 Å². The molecule has 1 aliphatic heterocycles. The first-order chi connectivity index (χ1) is 16.1. The van der Waals surface area contributed by atoms with Crippen LogP contribution in [0.3, 0.4) is 0 Å². The number of carbonyl (C=O) groups excluding carboxylic acids is 1. The molecule has 1 aliphatic rings. The molecule has 6 nitrogen and oxygen atoms in total. The van der Waals surface area contributed by atoms with E-state index in [9.17, 15) is 4.79 Å². The molecule has 4 aromatic rings.